The fraction of sp³-hybridized carbons (Fsp3) is 0.300. The summed E-state index contributed by atoms with van der Waals surface area (Å²) in [5, 5.41) is 4.73. The van der Waals surface area contributed by atoms with Crippen molar-refractivity contribution in [3.8, 4) is 0 Å². The number of oxime groups is 1. The Morgan fingerprint density at radius 2 is 2.21 bits per heavy atom. The van der Waals surface area contributed by atoms with Crippen molar-refractivity contribution in [3.05, 3.63) is 34.3 Å². The Hall–Kier alpha value is -1.22. The van der Waals surface area contributed by atoms with Crippen LogP contribution in [0.5, 0.6) is 0 Å². The lowest BCUT2D eigenvalue weighted by molar-refractivity contribution is 0.122. The minimum Gasteiger partial charge on any atom is -0.389 e. The highest BCUT2D eigenvalue weighted by Gasteiger charge is 2.16. The van der Waals surface area contributed by atoms with Gasteiger partial charge >= 0.3 is 0 Å². The van der Waals surface area contributed by atoms with Gasteiger partial charge in [0.1, 0.15) is 6.61 Å². The Kier molecular flexibility index (Phi) is 2.33. The molecule has 4 heteroatoms. The molecule has 0 radical (unpaired) electrons. The Morgan fingerprint density at radius 3 is 2.93 bits per heavy atom. The van der Waals surface area contributed by atoms with E-state index in [2.05, 4.69) is 5.16 Å². The zero-order valence-corrected chi connectivity index (χ0v) is 8.88. The van der Waals surface area contributed by atoms with Gasteiger partial charge in [0, 0.05) is 30.2 Å². The van der Waals surface area contributed by atoms with E-state index in [0.29, 0.717) is 6.61 Å². The van der Waals surface area contributed by atoms with Gasteiger partial charge in [-0.05, 0) is 18.2 Å². The molecule has 3 nitrogen and oxygen atoms in total. The molecule has 0 saturated heterocycles. The fourth-order valence-electron chi connectivity index (χ4n) is 1.43. The number of benzene rings is 1. The van der Waals surface area contributed by atoms with Crippen LogP contribution in [0.3, 0.4) is 0 Å². The first-order valence-corrected chi connectivity index (χ1v) is 4.72. The summed E-state index contributed by atoms with van der Waals surface area (Å²) in [4.78, 5) is 7.04. The van der Waals surface area contributed by atoms with Gasteiger partial charge in [0.25, 0.3) is 0 Å². The van der Waals surface area contributed by atoms with Crippen LogP contribution in [0.25, 0.3) is 0 Å². The second kappa shape index (κ2) is 3.50. The van der Waals surface area contributed by atoms with E-state index in [4.69, 9.17) is 16.4 Å². The number of hydrogen-bond acceptors (Lipinski definition) is 3. The van der Waals surface area contributed by atoms with Crippen LogP contribution in [0.4, 0.5) is 0 Å². The van der Waals surface area contributed by atoms with Gasteiger partial charge in [-0.3, -0.25) is 0 Å². The standard InChI is InChI=1S/C10H11ClN2O/c1-13(2)10-9-4-3-8(11)5-7(9)6-14-12-10/h3-5H,6H2,1-2H3. The van der Waals surface area contributed by atoms with Crippen LogP contribution in [0, 0.1) is 0 Å². The normalized spacial score (nSPS) is 14.1. The van der Waals surface area contributed by atoms with Crippen molar-refractivity contribution >= 4 is 17.4 Å². The predicted octanol–water partition coefficient (Wildman–Crippen LogP) is 2.09. The van der Waals surface area contributed by atoms with Crippen LogP contribution in [-0.4, -0.2) is 24.8 Å². The quantitative estimate of drug-likeness (QED) is 0.655. The molecule has 0 fully saturated rings. The number of hydrogen-bond donors (Lipinski definition) is 0. The van der Waals surface area contributed by atoms with Crippen LogP contribution in [0.1, 0.15) is 11.1 Å². The Balaban J connectivity index is 2.49. The lowest BCUT2D eigenvalue weighted by atomic mass is 10.1. The molecule has 74 valence electrons. The third-order valence-electron chi connectivity index (χ3n) is 2.10. The van der Waals surface area contributed by atoms with Gasteiger partial charge in [0.15, 0.2) is 5.84 Å². The van der Waals surface area contributed by atoms with Crippen LogP contribution in [0.15, 0.2) is 23.4 Å². The van der Waals surface area contributed by atoms with Crippen LogP contribution >= 0.6 is 11.6 Å². The van der Waals surface area contributed by atoms with Gasteiger partial charge in [-0.2, -0.15) is 0 Å². The third kappa shape index (κ3) is 1.55. The molecule has 1 aromatic rings. The lowest BCUT2D eigenvalue weighted by Gasteiger charge is -2.21. The van der Waals surface area contributed by atoms with Gasteiger partial charge in [-0.1, -0.05) is 16.8 Å². The van der Waals surface area contributed by atoms with Crippen molar-refractivity contribution in [3.63, 3.8) is 0 Å². The fourth-order valence-corrected chi connectivity index (χ4v) is 1.63. The van der Waals surface area contributed by atoms with Crippen LogP contribution in [-0.2, 0) is 11.4 Å². The molecule has 0 N–H and O–H groups in total. The Labute approximate surface area is 87.9 Å². The Bertz CT molecular complexity index is 388. The molecule has 0 aromatic heterocycles. The first-order chi connectivity index (χ1) is 6.68. The van der Waals surface area contributed by atoms with Gasteiger partial charge in [-0.15, -0.1) is 0 Å². The topological polar surface area (TPSA) is 24.8 Å². The van der Waals surface area contributed by atoms with Crippen molar-refractivity contribution in [1.29, 1.82) is 0 Å². The number of halogens is 1. The summed E-state index contributed by atoms with van der Waals surface area (Å²) >= 11 is 5.89. The maximum atomic E-state index is 5.89. The first kappa shape index (κ1) is 9.34. The summed E-state index contributed by atoms with van der Waals surface area (Å²) in [6, 6.07) is 5.75. The molecule has 1 aliphatic heterocycles. The lowest BCUT2D eigenvalue weighted by Crippen LogP contribution is -2.26. The third-order valence-corrected chi connectivity index (χ3v) is 2.34. The summed E-state index contributed by atoms with van der Waals surface area (Å²) in [6.07, 6.45) is 0. The molecular formula is C10H11ClN2O. The maximum Gasteiger partial charge on any atom is 0.175 e. The van der Waals surface area contributed by atoms with Gasteiger partial charge < -0.3 is 9.74 Å². The number of rotatable bonds is 0. The van der Waals surface area contributed by atoms with E-state index in [1.54, 1.807) is 0 Å². The summed E-state index contributed by atoms with van der Waals surface area (Å²) in [5.41, 5.74) is 2.17. The molecule has 0 amide bonds. The second-order valence-corrected chi connectivity index (χ2v) is 3.82. The second-order valence-electron chi connectivity index (χ2n) is 3.38. The molecule has 0 spiro atoms. The summed E-state index contributed by atoms with van der Waals surface area (Å²) in [7, 11) is 3.87. The number of amidine groups is 1. The van der Waals surface area contributed by atoms with Crippen molar-refractivity contribution < 1.29 is 4.84 Å². The molecule has 0 atom stereocenters. The molecule has 1 aromatic carbocycles. The highest BCUT2D eigenvalue weighted by atomic mass is 35.5. The Morgan fingerprint density at radius 1 is 1.43 bits per heavy atom. The van der Waals surface area contributed by atoms with E-state index < -0.39 is 0 Å². The molecule has 0 aliphatic carbocycles. The minimum atomic E-state index is 0.493. The number of nitrogens with zero attached hydrogens (tertiary/aromatic N) is 2. The van der Waals surface area contributed by atoms with E-state index in [-0.39, 0.29) is 0 Å². The number of fused-ring (bicyclic) bond motifs is 1. The largest absolute Gasteiger partial charge is 0.389 e. The van der Waals surface area contributed by atoms with Crippen molar-refractivity contribution in [2.24, 2.45) is 5.16 Å². The molecule has 2 rings (SSSR count). The van der Waals surface area contributed by atoms with E-state index in [9.17, 15) is 0 Å². The highest BCUT2D eigenvalue weighted by Crippen LogP contribution is 2.21. The van der Waals surface area contributed by atoms with Crippen molar-refractivity contribution in [2.45, 2.75) is 6.61 Å². The molecule has 0 bridgehead atoms. The van der Waals surface area contributed by atoms with Crippen LogP contribution in [0.2, 0.25) is 5.02 Å². The van der Waals surface area contributed by atoms with Gasteiger partial charge in [0.05, 0.1) is 0 Å². The summed E-state index contributed by atoms with van der Waals surface area (Å²) in [5.74, 6) is 0.836. The SMILES string of the molecule is CN(C)C1=NOCc2cc(Cl)ccc21. The zero-order valence-electron chi connectivity index (χ0n) is 8.12. The molecule has 1 aliphatic rings. The van der Waals surface area contributed by atoms with Crippen molar-refractivity contribution in [2.75, 3.05) is 14.1 Å². The molecule has 14 heavy (non-hydrogen) atoms. The van der Waals surface area contributed by atoms with E-state index in [0.717, 1.165) is 22.0 Å². The van der Waals surface area contributed by atoms with E-state index in [1.165, 1.54) is 0 Å². The maximum absolute atomic E-state index is 5.89. The van der Waals surface area contributed by atoms with Gasteiger partial charge in [-0.25, -0.2) is 0 Å². The average Bonchev–Trinajstić information content (AvgIpc) is 2.16. The zero-order chi connectivity index (χ0) is 10.1. The van der Waals surface area contributed by atoms with Gasteiger partial charge in [0.2, 0.25) is 0 Å². The predicted molar refractivity (Wildman–Crippen MR) is 56.5 cm³/mol. The van der Waals surface area contributed by atoms with Crippen LogP contribution < -0.4 is 0 Å². The van der Waals surface area contributed by atoms with E-state index in [1.807, 2.05) is 37.2 Å². The molecule has 0 unspecified atom stereocenters. The first-order valence-electron chi connectivity index (χ1n) is 4.34. The molecule has 1 heterocycles. The molecular weight excluding hydrogens is 200 g/mol. The van der Waals surface area contributed by atoms with E-state index >= 15 is 0 Å². The molecule has 0 saturated carbocycles. The summed E-state index contributed by atoms with van der Waals surface area (Å²) in [6.45, 7) is 0.493. The van der Waals surface area contributed by atoms with Crippen molar-refractivity contribution in [1.82, 2.24) is 4.90 Å². The monoisotopic (exact) mass is 210 g/mol. The summed E-state index contributed by atoms with van der Waals surface area (Å²) < 4.78 is 0. The average molecular weight is 211 g/mol. The highest BCUT2D eigenvalue weighted by molar-refractivity contribution is 6.30. The smallest absolute Gasteiger partial charge is 0.175 e. The minimum absolute atomic E-state index is 0.493.